The van der Waals surface area contributed by atoms with Crippen LogP contribution < -0.4 is 16.0 Å². The van der Waals surface area contributed by atoms with E-state index in [2.05, 4.69) is 10.6 Å². The molecule has 0 radical (unpaired) electrons. The van der Waals surface area contributed by atoms with Gasteiger partial charge in [0.05, 0.1) is 6.07 Å². The maximum Gasteiger partial charge on any atom is 0.471 e. The van der Waals surface area contributed by atoms with Gasteiger partial charge in [-0.2, -0.15) is 18.4 Å². The van der Waals surface area contributed by atoms with Crippen molar-refractivity contribution in [2.24, 2.45) is 29.1 Å². The second-order valence-electron chi connectivity index (χ2n) is 11.3. The molecule has 3 aliphatic heterocycles. The normalized spacial score (nSPS) is 30.6. The largest absolute Gasteiger partial charge is 0.471 e. The number of halogens is 3. The number of nitrogens with zero attached hydrogens (tertiary/aromatic N) is 3. The van der Waals surface area contributed by atoms with Gasteiger partial charge in [0.2, 0.25) is 17.7 Å². The first-order chi connectivity index (χ1) is 18.2. The van der Waals surface area contributed by atoms with E-state index < -0.39 is 60.0 Å². The Labute approximate surface area is 222 Å². The van der Waals surface area contributed by atoms with Gasteiger partial charge in [0.1, 0.15) is 18.1 Å². The first-order valence-electron chi connectivity index (χ1n) is 12.8. The van der Waals surface area contributed by atoms with E-state index in [0.717, 1.165) is 9.80 Å². The molecule has 0 aromatic carbocycles. The van der Waals surface area contributed by atoms with E-state index in [9.17, 15) is 47.5 Å². The molecular weight excluding hydrogens is 525 g/mol. The highest BCUT2D eigenvalue weighted by Gasteiger charge is 2.70. The fourth-order valence-electron chi connectivity index (χ4n) is 6.38. The molecule has 214 valence electrons. The lowest BCUT2D eigenvalue weighted by atomic mass is 9.94. The van der Waals surface area contributed by atoms with Crippen LogP contribution in [-0.2, 0) is 19.2 Å². The van der Waals surface area contributed by atoms with Crippen molar-refractivity contribution in [1.29, 1.82) is 5.26 Å². The van der Waals surface area contributed by atoms with Crippen LogP contribution in [0.2, 0.25) is 0 Å². The summed E-state index contributed by atoms with van der Waals surface area (Å²) in [6, 6.07) is -1.86. The third-order valence-electron chi connectivity index (χ3n) is 8.69. The fraction of sp³-hybridized carbons (Fsp3) is 0.750. The molecule has 5 amide bonds. The lowest BCUT2D eigenvalue weighted by molar-refractivity contribution is -0.175. The van der Waals surface area contributed by atoms with Crippen LogP contribution in [0.25, 0.3) is 0 Å². The molecule has 0 spiro atoms. The van der Waals surface area contributed by atoms with Crippen LogP contribution in [-0.4, -0.2) is 95.1 Å². The molecule has 0 aromatic heterocycles. The van der Waals surface area contributed by atoms with Crippen LogP contribution in [0.5, 0.6) is 0 Å². The Bertz CT molecular complexity index is 1110. The number of nitrogens with one attached hydrogen (secondary N) is 3. The molecule has 4 rings (SSSR count). The number of rotatable bonds is 7. The number of nitriles is 1. The zero-order chi connectivity index (χ0) is 28.9. The van der Waals surface area contributed by atoms with Crippen LogP contribution in [0.1, 0.15) is 33.1 Å². The first kappa shape index (κ1) is 28.4. The molecule has 7 atom stereocenters. The number of likely N-dealkylation sites (tertiary alicyclic amines) is 2. The smallest absolute Gasteiger partial charge is 0.465 e. The summed E-state index contributed by atoms with van der Waals surface area (Å²) < 4.78 is 39.4. The third-order valence-corrected chi connectivity index (χ3v) is 8.69. The predicted octanol–water partition coefficient (Wildman–Crippen LogP) is 0.0510. The number of hydrogen-bond acceptors (Lipinski definition) is 6. The second kappa shape index (κ2) is 10.2. The van der Waals surface area contributed by atoms with Gasteiger partial charge in [0.15, 0.2) is 0 Å². The van der Waals surface area contributed by atoms with Crippen molar-refractivity contribution in [1.82, 2.24) is 25.8 Å². The van der Waals surface area contributed by atoms with E-state index in [1.165, 1.54) is 0 Å². The van der Waals surface area contributed by atoms with Crippen molar-refractivity contribution in [3.63, 3.8) is 0 Å². The Morgan fingerprint density at radius 1 is 1.21 bits per heavy atom. The molecule has 0 bridgehead atoms. The lowest BCUT2D eigenvalue weighted by Crippen LogP contribution is -2.60. The first-order valence-corrected chi connectivity index (χ1v) is 12.8. The second-order valence-corrected chi connectivity index (χ2v) is 11.3. The Morgan fingerprint density at radius 3 is 2.44 bits per heavy atom. The molecule has 1 aliphatic carbocycles. The van der Waals surface area contributed by atoms with Gasteiger partial charge in [0.25, 0.3) is 0 Å². The van der Waals surface area contributed by atoms with Crippen LogP contribution in [0.4, 0.5) is 18.0 Å². The van der Waals surface area contributed by atoms with Gasteiger partial charge in [-0.25, -0.2) is 4.79 Å². The quantitative estimate of drug-likeness (QED) is 0.343. The highest BCUT2D eigenvalue weighted by Crippen LogP contribution is 2.65. The number of carboxylic acid groups (broad SMARTS) is 1. The number of piperidine rings is 1. The monoisotopic (exact) mass is 556 g/mol. The van der Waals surface area contributed by atoms with Crippen molar-refractivity contribution in [3.05, 3.63) is 0 Å². The highest BCUT2D eigenvalue weighted by atomic mass is 19.4. The van der Waals surface area contributed by atoms with Crippen molar-refractivity contribution < 1.29 is 42.3 Å². The molecular formula is C24H31F3N6O6. The summed E-state index contributed by atoms with van der Waals surface area (Å²) in [6.45, 7) is 4.05. The topological polar surface area (TPSA) is 172 Å². The summed E-state index contributed by atoms with van der Waals surface area (Å²) in [5, 5.41) is 25.9. The van der Waals surface area contributed by atoms with E-state index in [0.29, 0.717) is 13.0 Å². The van der Waals surface area contributed by atoms with Gasteiger partial charge in [-0.15, -0.1) is 0 Å². The van der Waals surface area contributed by atoms with Crippen LogP contribution in [0.15, 0.2) is 0 Å². The van der Waals surface area contributed by atoms with Gasteiger partial charge in [-0.3, -0.25) is 19.2 Å². The van der Waals surface area contributed by atoms with E-state index >= 15 is 0 Å². The molecule has 0 unspecified atom stereocenters. The minimum absolute atomic E-state index is 0.0214. The minimum Gasteiger partial charge on any atom is -0.465 e. The van der Waals surface area contributed by atoms with Crippen LogP contribution in [0.3, 0.4) is 0 Å². The number of fused-ring (bicyclic) bond motifs is 1. The van der Waals surface area contributed by atoms with E-state index in [-0.39, 0.29) is 55.6 Å². The maximum atomic E-state index is 13.7. The van der Waals surface area contributed by atoms with Crippen molar-refractivity contribution in [2.75, 3.05) is 26.2 Å². The van der Waals surface area contributed by atoms with Crippen LogP contribution in [0, 0.1) is 40.4 Å². The number of alkyl halides is 3. The van der Waals surface area contributed by atoms with Gasteiger partial charge in [0, 0.05) is 38.0 Å². The molecule has 4 N–H and O–H groups in total. The molecule has 3 saturated heterocycles. The van der Waals surface area contributed by atoms with Gasteiger partial charge < -0.3 is 30.9 Å². The summed E-state index contributed by atoms with van der Waals surface area (Å²) in [7, 11) is 0. The predicted molar refractivity (Wildman–Crippen MR) is 125 cm³/mol. The van der Waals surface area contributed by atoms with E-state index in [4.69, 9.17) is 0 Å². The Kier molecular flexibility index (Phi) is 7.44. The fourth-order valence-corrected chi connectivity index (χ4v) is 6.38. The molecule has 4 fully saturated rings. The number of carbonyl (C=O) groups is 5. The molecule has 4 aliphatic rings. The Morgan fingerprint density at radius 2 is 1.90 bits per heavy atom. The molecule has 39 heavy (non-hydrogen) atoms. The molecule has 12 nitrogen and oxygen atoms in total. The molecule has 15 heteroatoms. The molecule has 0 aromatic rings. The lowest BCUT2D eigenvalue weighted by Gasteiger charge is -2.35. The van der Waals surface area contributed by atoms with Gasteiger partial charge in [-0.1, -0.05) is 13.8 Å². The Hall–Kier alpha value is -3.57. The average molecular weight is 557 g/mol. The zero-order valence-electron chi connectivity index (χ0n) is 21.5. The average Bonchev–Trinajstić information content (AvgIpc) is 3.40. The third kappa shape index (κ3) is 5.46. The SMILES string of the molecule is CC1(C)[C@@H]2[C@@H](C(=O)N[C@H](C#N)C[C@@H]3CCNC3=O)N(C(=O)[C@@H](NC(=O)C(F)(F)F)[C@H]3CCN(C(=O)O)C3)C[C@@H]21. The standard InChI is InChI=1S/C24H31F3N6O6/c1-23(2)14-10-33(17(15(14)23)19(35)30-13(8-28)7-11-3-5-29-18(11)34)20(36)16(31-21(37)24(25,26)27)12-4-6-32(9-12)22(38)39/h11-17H,3-7,9-10H2,1-2H3,(H,29,34)(H,30,35)(H,31,37)(H,38,39)/t11-,12-,13-,14-,15-,16-,17-/m0/s1. The minimum atomic E-state index is -5.28. The number of hydrogen-bond donors (Lipinski definition) is 4. The maximum absolute atomic E-state index is 13.7. The Balaban J connectivity index is 1.55. The van der Waals surface area contributed by atoms with Crippen molar-refractivity contribution in [3.8, 4) is 6.07 Å². The number of carbonyl (C=O) groups excluding carboxylic acids is 4. The summed E-state index contributed by atoms with van der Waals surface area (Å²) in [6.07, 6.45) is -5.95. The summed E-state index contributed by atoms with van der Waals surface area (Å²) in [4.78, 5) is 64.5. The summed E-state index contributed by atoms with van der Waals surface area (Å²) >= 11 is 0. The molecule has 1 saturated carbocycles. The molecule has 3 heterocycles. The van der Waals surface area contributed by atoms with E-state index in [1.54, 1.807) is 5.32 Å². The van der Waals surface area contributed by atoms with Crippen molar-refractivity contribution in [2.45, 2.75) is 57.4 Å². The number of amides is 5. The summed E-state index contributed by atoms with van der Waals surface area (Å²) in [5.41, 5.74) is -0.343. The summed E-state index contributed by atoms with van der Waals surface area (Å²) in [5.74, 6) is -5.96. The highest BCUT2D eigenvalue weighted by molar-refractivity contribution is 5.95. The van der Waals surface area contributed by atoms with E-state index in [1.807, 2.05) is 19.9 Å². The van der Waals surface area contributed by atoms with Gasteiger partial charge >= 0.3 is 18.2 Å². The zero-order valence-corrected chi connectivity index (χ0v) is 21.5. The van der Waals surface area contributed by atoms with Crippen molar-refractivity contribution >= 4 is 29.7 Å². The van der Waals surface area contributed by atoms with Crippen LogP contribution >= 0.6 is 0 Å². The van der Waals surface area contributed by atoms with Gasteiger partial charge in [-0.05, 0) is 36.5 Å².